The molecule has 1 rings (SSSR count). The summed E-state index contributed by atoms with van der Waals surface area (Å²) >= 11 is 0. The minimum atomic E-state index is -0.316. The molecule has 0 heterocycles. The molecule has 0 spiro atoms. The van der Waals surface area contributed by atoms with Crippen LogP contribution in [0.4, 0.5) is 0 Å². The highest BCUT2D eigenvalue weighted by Crippen LogP contribution is 2.11. The molecule has 0 aliphatic heterocycles. The van der Waals surface area contributed by atoms with Crippen LogP contribution in [0, 0.1) is 17.2 Å². The van der Waals surface area contributed by atoms with Gasteiger partial charge in [-0.05, 0) is 23.6 Å². The van der Waals surface area contributed by atoms with Crippen LogP contribution in [0.3, 0.4) is 0 Å². The van der Waals surface area contributed by atoms with Gasteiger partial charge in [-0.1, -0.05) is 26.0 Å². The van der Waals surface area contributed by atoms with Crippen molar-refractivity contribution >= 4 is 0 Å². The van der Waals surface area contributed by atoms with Gasteiger partial charge >= 0.3 is 0 Å². The summed E-state index contributed by atoms with van der Waals surface area (Å²) < 4.78 is 5.16. The molecule has 0 fully saturated rings. The maximum absolute atomic E-state index is 9.63. The zero-order valence-electron chi connectivity index (χ0n) is 10.9. The van der Waals surface area contributed by atoms with Crippen molar-refractivity contribution in [1.29, 1.82) is 5.26 Å². The van der Waals surface area contributed by atoms with E-state index >= 15 is 0 Å². The number of aliphatic hydroxyl groups excluding tert-OH is 1. The first-order chi connectivity index (χ1) is 8.63. The Kier molecular flexibility index (Phi) is 6.20. The normalized spacial score (nSPS) is 12.2. The van der Waals surface area contributed by atoms with Gasteiger partial charge in [0.15, 0.2) is 6.61 Å². The van der Waals surface area contributed by atoms with E-state index in [1.807, 2.05) is 44.2 Å². The first kappa shape index (κ1) is 14.5. The van der Waals surface area contributed by atoms with E-state index in [0.717, 1.165) is 5.56 Å². The van der Waals surface area contributed by atoms with Crippen LogP contribution in [-0.4, -0.2) is 24.4 Å². The summed E-state index contributed by atoms with van der Waals surface area (Å²) in [5.74, 6) is 0.960. The third-order valence-electron chi connectivity index (χ3n) is 2.68. The van der Waals surface area contributed by atoms with Gasteiger partial charge in [-0.25, -0.2) is 0 Å². The van der Waals surface area contributed by atoms with Crippen LogP contribution in [0.5, 0.6) is 5.75 Å². The number of nitrogens with one attached hydrogen (secondary N) is 1. The number of ether oxygens (including phenoxy) is 1. The third kappa shape index (κ3) is 5.17. The number of benzene rings is 1. The lowest BCUT2D eigenvalue weighted by molar-refractivity contribution is 0.123. The van der Waals surface area contributed by atoms with E-state index in [0.29, 0.717) is 18.8 Å². The Morgan fingerprint density at radius 3 is 2.56 bits per heavy atom. The Balaban J connectivity index is 2.33. The van der Waals surface area contributed by atoms with Crippen molar-refractivity contribution in [3.8, 4) is 11.8 Å². The molecule has 4 nitrogen and oxygen atoms in total. The maximum Gasteiger partial charge on any atom is 0.174 e. The molecule has 0 aromatic heterocycles. The Bertz CT molecular complexity index is 382. The van der Waals surface area contributed by atoms with Crippen molar-refractivity contribution in [2.45, 2.75) is 26.5 Å². The number of hydrogen-bond donors (Lipinski definition) is 2. The minimum absolute atomic E-state index is 0.0676. The molecule has 0 aliphatic rings. The molecule has 18 heavy (non-hydrogen) atoms. The second-order valence-corrected chi connectivity index (χ2v) is 4.53. The van der Waals surface area contributed by atoms with Crippen LogP contribution < -0.4 is 10.1 Å². The summed E-state index contributed by atoms with van der Waals surface area (Å²) in [6.45, 7) is 5.35. The quantitative estimate of drug-likeness (QED) is 0.770. The molecular formula is C14H20N2O2. The summed E-state index contributed by atoms with van der Waals surface area (Å²) in [6.07, 6.45) is -0.316. The number of nitrogens with zero attached hydrogens (tertiary/aromatic N) is 1. The molecule has 0 radical (unpaired) electrons. The molecule has 1 aromatic rings. The molecule has 0 saturated carbocycles. The van der Waals surface area contributed by atoms with E-state index in [9.17, 15) is 5.11 Å². The van der Waals surface area contributed by atoms with Gasteiger partial charge in [0.05, 0.1) is 6.10 Å². The SMILES string of the molecule is CC(C)C(O)CNCc1ccc(OCC#N)cc1. The van der Waals surface area contributed by atoms with Crippen LogP contribution in [-0.2, 0) is 6.54 Å². The molecule has 0 bridgehead atoms. The predicted octanol–water partition coefficient (Wildman–Crippen LogP) is 1.70. The van der Waals surface area contributed by atoms with E-state index < -0.39 is 0 Å². The topological polar surface area (TPSA) is 65.3 Å². The monoisotopic (exact) mass is 248 g/mol. The Morgan fingerprint density at radius 2 is 2.00 bits per heavy atom. The molecule has 1 atom stereocenters. The molecular weight excluding hydrogens is 228 g/mol. The lowest BCUT2D eigenvalue weighted by Gasteiger charge is -2.15. The highest BCUT2D eigenvalue weighted by molar-refractivity contribution is 5.27. The van der Waals surface area contributed by atoms with Gasteiger partial charge < -0.3 is 15.2 Å². The molecule has 0 saturated heterocycles. The van der Waals surface area contributed by atoms with Crippen molar-refractivity contribution in [2.75, 3.05) is 13.2 Å². The van der Waals surface area contributed by atoms with Crippen LogP contribution in [0.1, 0.15) is 19.4 Å². The number of aliphatic hydroxyl groups is 1. The molecule has 2 N–H and O–H groups in total. The Labute approximate surface area is 108 Å². The van der Waals surface area contributed by atoms with E-state index in [-0.39, 0.29) is 18.6 Å². The van der Waals surface area contributed by atoms with Crippen molar-refractivity contribution in [3.63, 3.8) is 0 Å². The maximum atomic E-state index is 9.63. The molecule has 1 aromatic carbocycles. The fourth-order valence-corrected chi connectivity index (χ4v) is 1.42. The fourth-order valence-electron chi connectivity index (χ4n) is 1.42. The van der Waals surface area contributed by atoms with Gasteiger partial charge in [0.25, 0.3) is 0 Å². The Morgan fingerprint density at radius 1 is 1.33 bits per heavy atom. The minimum Gasteiger partial charge on any atom is -0.479 e. The average Bonchev–Trinajstić information content (AvgIpc) is 2.37. The summed E-state index contributed by atoms with van der Waals surface area (Å²) in [6, 6.07) is 9.50. The highest BCUT2D eigenvalue weighted by Gasteiger charge is 2.07. The van der Waals surface area contributed by atoms with E-state index in [2.05, 4.69) is 5.32 Å². The Hall–Kier alpha value is -1.57. The average molecular weight is 248 g/mol. The highest BCUT2D eigenvalue weighted by atomic mass is 16.5. The molecule has 1 unspecified atom stereocenters. The van der Waals surface area contributed by atoms with Crippen molar-refractivity contribution in [1.82, 2.24) is 5.32 Å². The standard InChI is InChI=1S/C14H20N2O2/c1-11(2)14(17)10-16-9-12-3-5-13(6-4-12)18-8-7-15/h3-6,11,14,16-17H,8-10H2,1-2H3. The second kappa shape index (κ2) is 7.70. The van der Waals surface area contributed by atoms with Crippen LogP contribution in [0.15, 0.2) is 24.3 Å². The van der Waals surface area contributed by atoms with Crippen molar-refractivity contribution in [2.24, 2.45) is 5.92 Å². The molecule has 0 aliphatic carbocycles. The predicted molar refractivity (Wildman–Crippen MR) is 70.1 cm³/mol. The number of nitriles is 1. The van der Waals surface area contributed by atoms with Crippen LogP contribution in [0.25, 0.3) is 0 Å². The van der Waals surface area contributed by atoms with Gasteiger partial charge in [0, 0.05) is 13.1 Å². The second-order valence-electron chi connectivity index (χ2n) is 4.53. The largest absolute Gasteiger partial charge is 0.479 e. The van der Waals surface area contributed by atoms with Crippen LogP contribution in [0.2, 0.25) is 0 Å². The number of hydrogen-bond acceptors (Lipinski definition) is 4. The van der Waals surface area contributed by atoms with Crippen LogP contribution >= 0.6 is 0 Å². The summed E-state index contributed by atoms with van der Waals surface area (Å²) in [5, 5.41) is 21.2. The van der Waals surface area contributed by atoms with Gasteiger partial charge in [0.2, 0.25) is 0 Å². The fraction of sp³-hybridized carbons (Fsp3) is 0.500. The summed E-state index contributed by atoms with van der Waals surface area (Å²) in [7, 11) is 0. The summed E-state index contributed by atoms with van der Waals surface area (Å²) in [5.41, 5.74) is 1.12. The van der Waals surface area contributed by atoms with Crippen molar-refractivity contribution in [3.05, 3.63) is 29.8 Å². The van der Waals surface area contributed by atoms with E-state index in [1.54, 1.807) is 0 Å². The van der Waals surface area contributed by atoms with Gasteiger partial charge in [-0.3, -0.25) is 0 Å². The zero-order valence-corrected chi connectivity index (χ0v) is 10.9. The smallest absolute Gasteiger partial charge is 0.174 e. The lowest BCUT2D eigenvalue weighted by atomic mass is 10.1. The van der Waals surface area contributed by atoms with Crippen molar-refractivity contribution < 1.29 is 9.84 Å². The first-order valence-electron chi connectivity index (χ1n) is 6.11. The van der Waals surface area contributed by atoms with Gasteiger partial charge in [0.1, 0.15) is 11.8 Å². The van der Waals surface area contributed by atoms with Gasteiger partial charge in [-0.15, -0.1) is 0 Å². The number of rotatable bonds is 7. The third-order valence-corrected chi connectivity index (χ3v) is 2.68. The first-order valence-corrected chi connectivity index (χ1v) is 6.11. The summed E-state index contributed by atoms with van der Waals surface area (Å²) in [4.78, 5) is 0. The molecule has 0 amide bonds. The zero-order chi connectivity index (χ0) is 13.4. The van der Waals surface area contributed by atoms with E-state index in [4.69, 9.17) is 10.00 Å². The van der Waals surface area contributed by atoms with Gasteiger partial charge in [-0.2, -0.15) is 5.26 Å². The van der Waals surface area contributed by atoms with E-state index in [1.165, 1.54) is 0 Å². The molecule has 4 heteroatoms. The lowest BCUT2D eigenvalue weighted by Crippen LogP contribution is -2.30. The molecule has 98 valence electrons.